The van der Waals surface area contributed by atoms with Gasteiger partial charge in [0.15, 0.2) is 0 Å². The second-order valence-electron chi connectivity index (χ2n) is 4.14. The number of rotatable bonds is 6. The summed E-state index contributed by atoms with van der Waals surface area (Å²) in [5, 5.41) is 7.09. The van der Waals surface area contributed by atoms with Crippen LogP contribution >= 0.6 is 0 Å². The lowest BCUT2D eigenvalue weighted by atomic mass is 10.4. The number of aromatic amines is 1. The van der Waals surface area contributed by atoms with Crippen LogP contribution in [0.1, 0.15) is 16.2 Å². The normalized spacial score (nSPS) is 10.2. The molecule has 2 rings (SSSR count). The van der Waals surface area contributed by atoms with Crippen LogP contribution in [0.3, 0.4) is 0 Å². The lowest BCUT2D eigenvalue weighted by Gasteiger charge is -2.01. The molecule has 8 heteroatoms. The number of aromatic nitrogens is 3. The molecule has 0 saturated carbocycles. The summed E-state index contributed by atoms with van der Waals surface area (Å²) >= 11 is 0. The summed E-state index contributed by atoms with van der Waals surface area (Å²) in [5.74, 6) is -0.864. The Bertz CT molecular complexity index is 616. The maximum Gasteiger partial charge on any atom is 0.354 e. The minimum atomic E-state index is -0.452. The number of hydrogen-bond acceptors (Lipinski definition) is 5. The van der Waals surface area contributed by atoms with Crippen molar-refractivity contribution in [3.05, 3.63) is 35.9 Å². The molecular weight excluding hydrogens is 262 g/mol. The SMILES string of the molecule is COC(=O)c1ccc(CNc2cnn(CC(N)=O)c2)[nH]1. The van der Waals surface area contributed by atoms with E-state index in [1.807, 2.05) is 0 Å². The first-order chi connectivity index (χ1) is 9.58. The maximum atomic E-state index is 11.3. The first-order valence-electron chi connectivity index (χ1n) is 5.89. The Morgan fingerprint density at radius 3 is 3.00 bits per heavy atom. The van der Waals surface area contributed by atoms with Gasteiger partial charge in [0.05, 0.1) is 25.5 Å². The van der Waals surface area contributed by atoms with Gasteiger partial charge < -0.3 is 20.8 Å². The zero-order valence-electron chi connectivity index (χ0n) is 10.9. The Morgan fingerprint density at radius 2 is 2.30 bits per heavy atom. The van der Waals surface area contributed by atoms with E-state index in [0.717, 1.165) is 11.4 Å². The van der Waals surface area contributed by atoms with Gasteiger partial charge in [-0.2, -0.15) is 5.10 Å². The number of ether oxygens (including phenoxy) is 1. The number of carbonyl (C=O) groups is 2. The van der Waals surface area contributed by atoms with E-state index >= 15 is 0 Å². The summed E-state index contributed by atoms with van der Waals surface area (Å²) in [6.07, 6.45) is 3.27. The maximum absolute atomic E-state index is 11.3. The monoisotopic (exact) mass is 277 g/mol. The molecule has 0 bridgehead atoms. The first kappa shape index (κ1) is 13.7. The van der Waals surface area contributed by atoms with Crippen LogP contribution < -0.4 is 11.1 Å². The highest BCUT2D eigenvalue weighted by Gasteiger charge is 2.08. The number of methoxy groups -OCH3 is 1. The molecule has 0 atom stereocenters. The molecule has 8 nitrogen and oxygen atoms in total. The number of primary amides is 1. The lowest BCUT2D eigenvalue weighted by Crippen LogP contribution is -2.18. The Balaban J connectivity index is 1.91. The minimum absolute atomic E-state index is 0.0384. The van der Waals surface area contributed by atoms with Gasteiger partial charge in [0.1, 0.15) is 12.2 Å². The third kappa shape index (κ3) is 3.37. The van der Waals surface area contributed by atoms with Crippen molar-refractivity contribution >= 4 is 17.6 Å². The standard InChI is InChI=1S/C12H15N5O3/c1-20-12(19)10-3-2-8(16-10)4-14-9-5-15-17(6-9)7-11(13)18/h2-3,5-6,14,16H,4,7H2,1H3,(H2,13,18). The fourth-order valence-corrected chi connectivity index (χ4v) is 1.67. The lowest BCUT2D eigenvalue weighted by molar-refractivity contribution is -0.118. The molecule has 0 aliphatic carbocycles. The van der Waals surface area contributed by atoms with Crippen LogP contribution in [0.4, 0.5) is 5.69 Å². The van der Waals surface area contributed by atoms with Gasteiger partial charge in [0.2, 0.25) is 5.91 Å². The molecule has 20 heavy (non-hydrogen) atoms. The van der Waals surface area contributed by atoms with Crippen molar-refractivity contribution in [2.75, 3.05) is 12.4 Å². The van der Waals surface area contributed by atoms with Gasteiger partial charge in [-0.25, -0.2) is 4.79 Å². The van der Waals surface area contributed by atoms with E-state index < -0.39 is 11.9 Å². The van der Waals surface area contributed by atoms with Crippen LogP contribution in [-0.4, -0.2) is 33.8 Å². The van der Waals surface area contributed by atoms with Gasteiger partial charge in [-0.15, -0.1) is 0 Å². The predicted molar refractivity (Wildman–Crippen MR) is 70.9 cm³/mol. The number of nitrogens with two attached hydrogens (primary N) is 1. The van der Waals surface area contributed by atoms with Gasteiger partial charge in [0, 0.05) is 11.9 Å². The molecule has 4 N–H and O–H groups in total. The van der Waals surface area contributed by atoms with Crippen LogP contribution in [0.5, 0.6) is 0 Å². The van der Waals surface area contributed by atoms with Crippen molar-refractivity contribution in [3.63, 3.8) is 0 Å². The number of carbonyl (C=O) groups excluding carboxylic acids is 2. The highest BCUT2D eigenvalue weighted by molar-refractivity contribution is 5.87. The molecule has 0 fully saturated rings. The minimum Gasteiger partial charge on any atom is -0.464 e. The van der Waals surface area contributed by atoms with Crippen LogP contribution in [0, 0.1) is 0 Å². The number of nitrogens with one attached hydrogen (secondary N) is 2. The van der Waals surface area contributed by atoms with E-state index in [1.54, 1.807) is 24.5 Å². The second kappa shape index (κ2) is 5.91. The number of H-pyrrole nitrogens is 1. The van der Waals surface area contributed by atoms with E-state index in [-0.39, 0.29) is 6.54 Å². The fourth-order valence-electron chi connectivity index (χ4n) is 1.67. The van der Waals surface area contributed by atoms with Crippen molar-refractivity contribution in [3.8, 4) is 0 Å². The molecule has 0 aliphatic rings. The van der Waals surface area contributed by atoms with E-state index in [0.29, 0.717) is 12.2 Å². The number of esters is 1. The first-order valence-corrected chi connectivity index (χ1v) is 5.89. The molecule has 106 valence electrons. The van der Waals surface area contributed by atoms with E-state index in [9.17, 15) is 9.59 Å². The smallest absolute Gasteiger partial charge is 0.354 e. The summed E-state index contributed by atoms with van der Waals surface area (Å²) < 4.78 is 6.05. The average molecular weight is 277 g/mol. The van der Waals surface area contributed by atoms with Crippen LogP contribution in [0.15, 0.2) is 24.5 Å². The highest BCUT2D eigenvalue weighted by atomic mass is 16.5. The number of anilines is 1. The fraction of sp³-hybridized carbons (Fsp3) is 0.250. The quantitative estimate of drug-likeness (QED) is 0.647. The van der Waals surface area contributed by atoms with Gasteiger partial charge in [-0.1, -0.05) is 0 Å². The Morgan fingerprint density at radius 1 is 1.50 bits per heavy atom. The summed E-state index contributed by atoms with van der Waals surface area (Å²) in [4.78, 5) is 25.0. The molecular formula is C12H15N5O3. The van der Waals surface area contributed by atoms with Crippen LogP contribution in [0.2, 0.25) is 0 Å². The number of amides is 1. The summed E-state index contributed by atoms with van der Waals surface area (Å²) in [6.45, 7) is 0.524. The van der Waals surface area contributed by atoms with Crippen molar-refractivity contribution in [1.29, 1.82) is 0 Å². The topological polar surface area (TPSA) is 115 Å². The number of hydrogen-bond donors (Lipinski definition) is 3. The van der Waals surface area contributed by atoms with Crippen molar-refractivity contribution in [2.45, 2.75) is 13.1 Å². The van der Waals surface area contributed by atoms with Gasteiger partial charge in [0.25, 0.3) is 0 Å². The molecule has 0 saturated heterocycles. The Labute approximate surface area is 114 Å². The largest absolute Gasteiger partial charge is 0.464 e. The van der Waals surface area contributed by atoms with Gasteiger partial charge >= 0.3 is 5.97 Å². The zero-order valence-corrected chi connectivity index (χ0v) is 10.9. The Hall–Kier alpha value is -2.77. The average Bonchev–Trinajstić information content (AvgIpc) is 3.04. The molecule has 1 amide bonds. The van der Waals surface area contributed by atoms with Gasteiger partial charge in [-0.3, -0.25) is 9.48 Å². The summed E-state index contributed by atoms with van der Waals surface area (Å²) in [7, 11) is 1.33. The molecule has 0 radical (unpaired) electrons. The molecule has 2 aromatic heterocycles. The molecule has 2 aromatic rings. The van der Waals surface area contributed by atoms with E-state index in [4.69, 9.17) is 5.73 Å². The van der Waals surface area contributed by atoms with Crippen molar-refractivity contribution < 1.29 is 14.3 Å². The summed E-state index contributed by atoms with van der Waals surface area (Å²) in [5.41, 5.74) is 7.05. The highest BCUT2D eigenvalue weighted by Crippen LogP contribution is 2.09. The van der Waals surface area contributed by atoms with E-state index in [2.05, 4.69) is 20.1 Å². The molecule has 0 unspecified atom stereocenters. The Kier molecular flexibility index (Phi) is 4.04. The molecule has 0 aromatic carbocycles. The van der Waals surface area contributed by atoms with Crippen molar-refractivity contribution in [1.82, 2.24) is 14.8 Å². The molecule has 0 spiro atoms. The third-order valence-corrected chi connectivity index (χ3v) is 2.59. The number of nitrogens with zero attached hydrogens (tertiary/aromatic N) is 2. The van der Waals surface area contributed by atoms with Crippen LogP contribution in [0.25, 0.3) is 0 Å². The van der Waals surface area contributed by atoms with Crippen molar-refractivity contribution in [2.24, 2.45) is 5.73 Å². The second-order valence-corrected chi connectivity index (χ2v) is 4.14. The molecule has 2 heterocycles. The van der Waals surface area contributed by atoms with Gasteiger partial charge in [-0.05, 0) is 12.1 Å². The van der Waals surface area contributed by atoms with Crippen LogP contribution in [-0.2, 0) is 22.6 Å². The summed E-state index contributed by atoms with van der Waals surface area (Å²) in [6, 6.07) is 3.44. The predicted octanol–water partition coefficient (Wildman–Crippen LogP) is 0.0952. The molecule has 0 aliphatic heterocycles. The van der Waals surface area contributed by atoms with E-state index in [1.165, 1.54) is 11.8 Å². The zero-order chi connectivity index (χ0) is 14.5. The third-order valence-electron chi connectivity index (χ3n) is 2.59.